The molecule has 0 bridgehead atoms. The van der Waals surface area contributed by atoms with E-state index in [1.165, 1.54) is 54.4 Å². The van der Waals surface area contributed by atoms with Gasteiger partial charge in [-0.15, -0.1) is 0 Å². The van der Waals surface area contributed by atoms with E-state index in [9.17, 15) is 0 Å². The zero-order chi connectivity index (χ0) is 14.3. The fourth-order valence-corrected chi connectivity index (χ4v) is 2.98. The second kappa shape index (κ2) is 8.37. The molecular formula is C18H31N. The lowest BCUT2D eigenvalue weighted by Gasteiger charge is -2.18. The van der Waals surface area contributed by atoms with E-state index in [1.54, 1.807) is 0 Å². The average molecular weight is 261 g/mol. The smallest absolute Gasteiger partial charge is 0.00457 e. The van der Waals surface area contributed by atoms with Crippen LogP contribution in [0.4, 0.5) is 0 Å². The van der Waals surface area contributed by atoms with Crippen molar-refractivity contribution in [1.29, 1.82) is 0 Å². The van der Waals surface area contributed by atoms with Gasteiger partial charge in [-0.25, -0.2) is 0 Å². The number of benzene rings is 1. The van der Waals surface area contributed by atoms with Crippen molar-refractivity contribution >= 4 is 0 Å². The Balaban J connectivity index is 2.60. The van der Waals surface area contributed by atoms with Gasteiger partial charge in [0.2, 0.25) is 0 Å². The van der Waals surface area contributed by atoms with E-state index in [2.05, 4.69) is 39.8 Å². The Morgan fingerprint density at radius 1 is 1.00 bits per heavy atom. The van der Waals surface area contributed by atoms with E-state index >= 15 is 0 Å². The fraction of sp³-hybridized carbons (Fsp3) is 0.667. The van der Waals surface area contributed by atoms with Crippen LogP contribution in [-0.2, 0) is 6.42 Å². The molecule has 1 nitrogen and oxygen atoms in total. The molecule has 0 spiro atoms. The van der Waals surface area contributed by atoms with Gasteiger partial charge in [0.1, 0.15) is 0 Å². The predicted octanol–water partition coefficient (Wildman–Crippen LogP) is 4.70. The molecule has 0 amide bonds. The van der Waals surface area contributed by atoms with Gasteiger partial charge in [-0.2, -0.15) is 0 Å². The largest absolute Gasteiger partial charge is 0.330 e. The highest BCUT2D eigenvalue weighted by molar-refractivity contribution is 5.37. The van der Waals surface area contributed by atoms with Crippen LogP contribution in [0.2, 0.25) is 0 Å². The highest BCUT2D eigenvalue weighted by Crippen LogP contribution is 2.22. The Morgan fingerprint density at radius 3 is 2.16 bits per heavy atom. The molecule has 0 fully saturated rings. The summed E-state index contributed by atoms with van der Waals surface area (Å²) in [7, 11) is 0. The second-order valence-corrected chi connectivity index (χ2v) is 6.03. The van der Waals surface area contributed by atoms with Crippen molar-refractivity contribution < 1.29 is 0 Å². The van der Waals surface area contributed by atoms with Gasteiger partial charge in [0, 0.05) is 0 Å². The number of unbranched alkanes of at least 4 members (excludes halogenated alkanes) is 3. The van der Waals surface area contributed by atoms with Crippen molar-refractivity contribution in [1.82, 2.24) is 0 Å². The number of rotatable bonds is 8. The van der Waals surface area contributed by atoms with Crippen molar-refractivity contribution in [2.24, 2.45) is 11.7 Å². The Labute approximate surface area is 119 Å². The van der Waals surface area contributed by atoms with Gasteiger partial charge in [0.05, 0.1) is 0 Å². The number of aryl methyl sites for hydroxylation is 3. The topological polar surface area (TPSA) is 26.0 Å². The number of hydrogen-bond acceptors (Lipinski definition) is 1. The first-order chi connectivity index (χ1) is 9.08. The van der Waals surface area contributed by atoms with Crippen molar-refractivity contribution in [3.63, 3.8) is 0 Å². The summed E-state index contributed by atoms with van der Waals surface area (Å²) in [5.74, 6) is 0.650. The van der Waals surface area contributed by atoms with Gasteiger partial charge in [-0.05, 0) is 62.8 Å². The maximum atomic E-state index is 5.97. The van der Waals surface area contributed by atoms with E-state index in [4.69, 9.17) is 5.73 Å². The minimum atomic E-state index is 0.650. The summed E-state index contributed by atoms with van der Waals surface area (Å²) in [6.45, 7) is 9.73. The summed E-state index contributed by atoms with van der Waals surface area (Å²) in [6.07, 6.45) is 7.80. The van der Waals surface area contributed by atoms with Gasteiger partial charge in [-0.3, -0.25) is 0 Å². The van der Waals surface area contributed by atoms with Gasteiger partial charge < -0.3 is 5.73 Å². The van der Waals surface area contributed by atoms with Crippen LogP contribution in [-0.4, -0.2) is 6.54 Å². The lowest BCUT2D eigenvalue weighted by Crippen LogP contribution is -2.18. The zero-order valence-electron chi connectivity index (χ0n) is 13.3. The molecular weight excluding hydrogens is 230 g/mol. The standard InChI is InChI=1S/C18H31N/c1-5-6-7-8-9-17(13-19)12-18-15(3)10-14(2)11-16(18)4/h10-11,17H,5-9,12-13,19H2,1-4H3. The Hall–Kier alpha value is -0.820. The molecule has 0 heterocycles. The van der Waals surface area contributed by atoms with Crippen molar-refractivity contribution in [2.45, 2.75) is 66.2 Å². The molecule has 0 saturated carbocycles. The third-order valence-electron chi connectivity index (χ3n) is 4.13. The first-order valence-corrected chi connectivity index (χ1v) is 7.85. The molecule has 1 unspecified atom stereocenters. The third-order valence-corrected chi connectivity index (χ3v) is 4.13. The molecule has 108 valence electrons. The molecule has 2 N–H and O–H groups in total. The summed E-state index contributed by atoms with van der Waals surface area (Å²) < 4.78 is 0. The van der Waals surface area contributed by atoms with Gasteiger partial charge >= 0.3 is 0 Å². The summed E-state index contributed by atoms with van der Waals surface area (Å²) in [4.78, 5) is 0. The molecule has 0 aliphatic heterocycles. The monoisotopic (exact) mass is 261 g/mol. The molecule has 1 rings (SSSR count). The fourth-order valence-electron chi connectivity index (χ4n) is 2.98. The van der Waals surface area contributed by atoms with Crippen LogP contribution in [0.5, 0.6) is 0 Å². The van der Waals surface area contributed by atoms with Crippen molar-refractivity contribution in [3.8, 4) is 0 Å². The average Bonchev–Trinajstić information content (AvgIpc) is 2.36. The van der Waals surface area contributed by atoms with E-state index < -0.39 is 0 Å². The highest BCUT2D eigenvalue weighted by Gasteiger charge is 2.11. The number of hydrogen-bond donors (Lipinski definition) is 1. The molecule has 0 aliphatic carbocycles. The Bertz CT molecular complexity index is 358. The van der Waals surface area contributed by atoms with Crippen LogP contribution >= 0.6 is 0 Å². The summed E-state index contributed by atoms with van der Waals surface area (Å²) in [6, 6.07) is 4.60. The molecule has 0 aromatic heterocycles. The quantitative estimate of drug-likeness (QED) is 0.674. The van der Waals surface area contributed by atoms with E-state index in [1.807, 2.05) is 0 Å². The molecule has 0 radical (unpaired) electrons. The minimum Gasteiger partial charge on any atom is -0.330 e. The summed E-state index contributed by atoms with van der Waals surface area (Å²) in [5, 5.41) is 0. The Morgan fingerprint density at radius 2 is 1.63 bits per heavy atom. The SMILES string of the molecule is CCCCCCC(CN)Cc1c(C)cc(C)cc1C. The summed E-state index contributed by atoms with van der Waals surface area (Å²) >= 11 is 0. The van der Waals surface area contributed by atoms with Crippen LogP contribution in [0, 0.1) is 26.7 Å². The lowest BCUT2D eigenvalue weighted by molar-refractivity contribution is 0.459. The van der Waals surface area contributed by atoms with Crippen LogP contribution in [0.1, 0.15) is 61.3 Å². The van der Waals surface area contributed by atoms with Gasteiger partial charge in [-0.1, -0.05) is 50.3 Å². The molecule has 0 aliphatic rings. The van der Waals surface area contributed by atoms with Gasteiger partial charge in [0.15, 0.2) is 0 Å². The first-order valence-electron chi connectivity index (χ1n) is 7.85. The van der Waals surface area contributed by atoms with Gasteiger partial charge in [0.25, 0.3) is 0 Å². The second-order valence-electron chi connectivity index (χ2n) is 6.03. The van der Waals surface area contributed by atoms with E-state index in [-0.39, 0.29) is 0 Å². The van der Waals surface area contributed by atoms with Crippen molar-refractivity contribution in [3.05, 3.63) is 34.4 Å². The van der Waals surface area contributed by atoms with Crippen molar-refractivity contribution in [2.75, 3.05) is 6.54 Å². The maximum Gasteiger partial charge on any atom is -0.00457 e. The number of nitrogens with two attached hydrogens (primary N) is 1. The maximum absolute atomic E-state index is 5.97. The highest BCUT2D eigenvalue weighted by atomic mass is 14.5. The van der Waals surface area contributed by atoms with Crippen LogP contribution < -0.4 is 5.73 Å². The lowest BCUT2D eigenvalue weighted by atomic mass is 9.88. The van der Waals surface area contributed by atoms with E-state index in [0.29, 0.717) is 5.92 Å². The molecule has 1 heteroatoms. The van der Waals surface area contributed by atoms with Crippen LogP contribution in [0.3, 0.4) is 0 Å². The minimum absolute atomic E-state index is 0.650. The first kappa shape index (κ1) is 16.2. The van der Waals surface area contributed by atoms with Crippen LogP contribution in [0.15, 0.2) is 12.1 Å². The molecule has 1 aromatic rings. The molecule has 19 heavy (non-hydrogen) atoms. The Kier molecular flexibility index (Phi) is 7.15. The van der Waals surface area contributed by atoms with Crippen LogP contribution in [0.25, 0.3) is 0 Å². The molecule has 1 aromatic carbocycles. The molecule has 1 atom stereocenters. The normalized spacial score (nSPS) is 12.7. The zero-order valence-corrected chi connectivity index (χ0v) is 13.3. The summed E-state index contributed by atoms with van der Waals surface area (Å²) in [5.41, 5.74) is 11.7. The van der Waals surface area contributed by atoms with E-state index in [0.717, 1.165) is 13.0 Å². The molecule has 0 saturated heterocycles. The predicted molar refractivity (Wildman–Crippen MR) is 85.7 cm³/mol. The third kappa shape index (κ3) is 5.36.